The van der Waals surface area contributed by atoms with Crippen molar-refractivity contribution < 1.29 is 14.3 Å². The van der Waals surface area contributed by atoms with Gasteiger partial charge in [0.15, 0.2) is 0 Å². The molecule has 5 nitrogen and oxygen atoms in total. The molecule has 1 atom stereocenters. The number of rotatable bonds is 9. The van der Waals surface area contributed by atoms with Gasteiger partial charge < -0.3 is 15.0 Å². The maximum atomic E-state index is 13.0. The van der Waals surface area contributed by atoms with E-state index in [0.717, 1.165) is 10.5 Å². The van der Waals surface area contributed by atoms with Gasteiger partial charge >= 0.3 is 0 Å². The Morgan fingerprint density at radius 2 is 1.93 bits per heavy atom. The van der Waals surface area contributed by atoms with E-state index in [1.165, 1.54) is 11.8 Å². The highest BCUT2D eigenvalue weighted by Gasteiger charge is 2.25. The Morgan fingerprint density at radius 1 is 1.21 bits per heavy atom. The quantitative estimate of drug-likeness (QED) is 0.623. The third-order valence-electron chi connectivity index (χ3n) is 4.18. The van der Waals surface area contributed by atoms with Crippen molar-refractivity contribution >= 4 is 35.2 Å². The number of methoxy groups -OCH3 is 1. The number of hydrogen-bond acceptors (Lipinski definition) is 4. The molecule has 0 bridgehead atoms. The van der Waals surface area contributed by atoms with E-state index in [9.17, 15) is 9.59 Å². The van der Waals surface area contributed by atoms with Crippen LogP contribution in [0.4, 0.5) is 0 Å². The lowest BCUT2D eigenvalue weighted by Gasteiger charge is -2.28. The van der Waals surface area contributed by atoms with Crippen LogP contribution in [0.3, 0.4) is 0 Å². The fourth-order valence-electron chi connectivity index (χ4n) is 2.63. The van der Waals surface area contributed by atoms with Gasteiger partial charge in [-0.3, -0.25) is 9.59 Å². The molecular weight excluding hydrogens is 396 g/mol. The van der Waals surface area contributed by atoms with E-state index in [1.807, 2.05) is 43.3 Å². The summed E-state index contributed by atoms with van der Waals surface area (Å²) in [6.07, 6.45) is 0. The molecular formula is C21H25ClN2O3S. The molecule has 150 valence electrons. The Balaban J connectivity index is 2.14. The third-order valence-corrected chi connectivity index (χ3v) is 5.43. The molecule has 0 aliphatic heterocycles. The topological polar surface area (TPSA) is 58.6 Å². The minimum Gasteiger partial charge on any atom is -0.497 e. The molecule has 0 aromatic heterocycles. The molecule has 0 radical (unpaired) electrons. The lowest BCUT2D eigenvalue weighted by molar-refractivity contribution is -0.138. The van der Waals surface area contributed by atoms with E-state index in [-0.39, 0.29) is 17.6 Å². The van der Waals surface area contributed by atoms with Gasteiger partial charge in [-0.1, -0.05) is 23.7 Å². The van der Waals surface area contributed by atoms with Gasteiger partial charge in [-0.05, 0) is 55.8 Å². The summed E-state index contributed by atoms with van der Waals surface area (Å²) in [5, 5.41) is 3.44. The second kappa shape index (κ2) is 11.0. The van der Waals surface area contributed by atoms with Crippen molar-refractivity contribution in [2.45, 2.75) is 31.3 Å². The summed E-state index contributed by atoms with van der Waals surface area (Å²) >= 11 is 7.33. The minimum absolute atomic E-state index is 0.110. The molecule has 0 aliphatic carbocycles. The first-order valence-corrected chi connectivity index (χ1v) is 10.4. The van der Waals surface area contributed by atoms with Crippen molar-refractivity contribution in [1.29, 1.82) is 0 Å². The van der Waals surface area contributed by atoms with E-state index < -0.39 is 6.04 Å². The van der Waals surface area contributed by atoms with Crippen molar-refractivity contribution in [2.75, 3.05) is 19.4 Å². The molecule has 2 aromatic carbocycles. The summed E-state index contributed by atoms with van der Waals surface area (Å²) in [6, 6.07) is 14.3. The second-order valence-corrected chi connectivity index (χ2v) is 7.67. The van der Waals surface area contributed by atoms with Crippen LogP contribution < -0.4 is 10.1 Å². The van der Waals surface area contributed by atoms with Gasteiger partial charge in [0.2, 0.25) is 11.8 Å². The van der Waals surface area contributed by atoms with E-state index in [1.54, 1.807) is 31.1 Å². The van der Waals surface area contributed by atoms with Crippen LogP contribution in [0.1, 0.15) is 19.4 Å². The van der Waals surface area contributed by atoms with Gasteiger partial charge in [0.25, 0.3) is 0 Å². The molecule has 0 saturated heterocycles. The number of halogens is 1. The molecule has 28 heavy (non-hydrogen) atoms. The van der Waals surface area contributed by atoms with Crippen LogP contribution in [0.15, 0.2) is 53.4 Å². The zero-order valence-corrected chi connectivity index (χ0v) is 17.8. The highest BCUT2D eigenvalue weighted by atomic mass is 35.5. The molecule has 0 unspecified atom stereocenters. The first kappa shape index (κ1) is 22.1. The Bertz CT molecular complexity index is 798. The number of benzene rings is 2. The molecule has 7 heteroatoms. The third kappa shape index (κ3) is 6.46. The number of carbonyl (C=O) groups excluding carboxylic acids is 2. The van der Waals surface area contributed by atoms with Gasteiger partial charge in [-0.25, -0.2) is 0 Å². The summed E-state index contributed by atoms with van der Waals surface area (Å²) in [6.45, 7) is 4.45. The molecule has 2 aromatic rings. The van der Waals surface area contributed by atoms with Gasteiger partial charge in [0.1, 0.15) is 11.8 Å². The standard InChI is InChI=1S/C21H25ClN2O3S/c1-4-23-21(26)15(2)24(13-16-6-5-7-18(12-16)27-3)20(25)14-28-19-10-8-17(22)9-11-19/h5-12,15H,4,13-14H2,1-3H3,(H,23,26)/t15-/m0/s1. The molecule has 2 rings (SSSR count). The van der Waals surface area contributed by atoms with E-state index in [2.05, 4.69) is 5.32 Å². The maximum Gasteiger partial charge on any atom is 0.242 e. The van der Waals surface area contributed by atoms with Crippen LogP contribution in [-0.4, -0.2) is 42.2 Å². The number of amides is 2. The second-order valence-electron chi connectivity index (χ2n) is 6.19. The summed E-state index contributed by atoms with van der Waals surface area (Å²) in [5.74, 6) is 0.665. The van der Waals surface area contributed by atoms with Crippen LogP contribution >= 0.6 is 23.4 Å². The highest BCUT2D eigenvalue weighted by molar-refractivity contribution is 8.00. The minimum atomic E-state index is -0.579. The predicted molar refractivity (Wildman–Crippen MR) is 114 cm³/mol. The van der Waals surface area contributed by atoms with Crippen LogP contribution in [-0.2, 0) is 16.1 Å². The van der Waals surface area contributed by atoms with Crippen molar-refractivity contribution in [2.24, 2.45) is 0 Å². The molecule has 2 amide bonds. The number of likely N-dealkylation sites (N-methyl/N-ethyl adjacent to an activating group) is 1. The summed E-state index contributed by atoms with van der Waals surface area (Å²) in [5.41, 5.74) is 0.903. The van der Waals surface area contributed by atoms with E-state index in [4.69, 9.17) is 16.3 Å². The van der Waals surface area contributed by atoms with Crippen molar-refractivity contribution in [3.63, 3.8) is 0 Å². The Morgan fingerprint density at radius 3 is 2.57 bits per heavy atom. The van der Waals surface area contributed by atoms with Crippen LogP contribution in [0.25, 0.3) is 0 Å². The van der Waals surface area contributed by atoms with Crippen LogP contribution in [0.5, 0.6) is 5.75 Å². The Kier molecular flexibility index (Phi) is 8.67. The Hall–Kier alpha value is -2.18. The fourth-order valence-corrected chi connectivity index (χ4v) is 3.54. The SMILES string of the molecule is CCNC(=O)[C@H](C)N(Cc1cccc(OC)c1)C(=O)CSc1ccc(Cl)cc1. The average Bonchev–Trinajstić information content (AvgIpc) is 2.71. The van der Waals surface area contributed by atoms with Crippen LogP contribution in [0, 0.1) is 0 Å². The van der Waals surface area contributed by atoms with Crippen LogP contribution in [0.2, 0.25) is 5.02 Å². The lowest BCUT2D eigenvalue weighted by Crippen LogP contribution is -2.48. The zero-order chi connectivity index (χ0) is 20.5. The van der Waals surface area contributed by atoms with Crippen molar-refractivity contribution in [1.82, 2.24) is 10.2 Å². The molecule has 0 aliphatic rings. The first-order chi connectivity index (χ1) is 13.4. The number of thioether (sulfide) groups is 1. The first-order valence-electron chi connectivity index (χ1n) is 9.03. The maximum absolute atomic E-state index is 13.0. The number of ether oxygens (including phenoxy) is 1. The van der Waals surface area contributed by atoms with E-state index in [0.29, 0.717) is 23.9 Å². The summed E-state index contributed by atoms with van der Waals surface area (Å²) in [7, 11) is 1.60. The van der Waals surface area contributed by atoms with Gasteiger partial charge in [0.05, 0.1) is 12.9 Å². The Labute approximate surface area is 175 Å². The van der Waals surface area contributed by atoms with Crippen molar-refractivity contribution in [3.05, 3.63) is 59.1 Å². The average molecular weight is 421 g/mol. The fraction of sp³-hybridized carbons (Fsp3) is 0.333. The van der Waals surface area contributed by atoms with Gasteiger partial charge in [-0.2, -0.15) is 0 Å². The largest absolute Gasteiger partial charge is 0.497 e. The van der Waals surface area contributed by atoms with Crippen molar-refractivity contribution in [3.8, 4) is 5.75 Å². The number of hydrogen-bond donors (Lipinski definition) is 1. The van der Waals surface area contributed by atoms with E-state index >= 15 is 0 Å². The number of nitrogens with zero attached hydrogens (tertiary/aromatic N) is 1. The molecule has 0 heterocycles. The van der Waals surface area contributed by atoms with Gasteiger partial charge in [-0.15, -0.1) is 11.8 Å². The summed E-state index contributed by atoms with van der Waals surface area (Å²) < 4.78 is 5.26. The molecule has 1 N–H and O–H groups in total. The summed E-state index contributed by atoms with van der Waals surface area (Å²) in [4.78, 5) is 27.9. The molecule has 0 spiro atoms. The van der Waals surface area contributed by atoms with Gasteiger partial charge in [0, 0.05) is 23.0 Å². The number of nitrogens with one attached hydrogen (secondary N) is 1. The highest BCUT2D eigenvalue weighted by Crippen LogP contribution is 2.22. The molecule has 0 saturated carbocycles. The zero-order valence-electron chi connectivity index (χ0n) is 16.3. The number of carbonyl (C=O) groups is 2. The normalized spacial score (nSPS) is 11.6. The monoisotopic (exact) mass is 420 g/mol. The molecule has 0 fully saturated rings. The lowest BCUT2D eigenvalue weighted by atomic mass is 10.1. The predicted octanol–water partition coefficient (Wildman–Crippen LogP) is 3.99. The smallest absolute Gasteiger partial charge is 0.242 e.